The molecule has 0 aromatic rings. The van der Waals surface area contributed by atoms with Crippen LogP contribution in [0.1, 0.15) is 12.8 Å². The van der Waals surface area contributed by atoms with Gasteiger partial charge in [0.05, 0.1) is 0 Å². The van der Waals surface area contributed by atoms with Gasteiger partial charge in [0.25, 0.3) is 0 Å². The Morgan fingerprint density at radius 3 is 2.15 bits per heavy atom. The van der Waals surface area contributed by atoms with Crippen LogP contribution in [0, 0.1) is 0 Å². The molecule has 0 radical (unpaired) electrons. The lowest BCUT2D eigenvalue weighted by Gasteiger charge is -2.32. The van der Waals surface area contributed by atoms with Crippen LogP contribution in [0.2, 0.25) is 6.04 Å². The zero-order chi connectivity index (χ0) is 15.1. The van der Waals surface area contributed by atoms with E-state index < -0.39 is 16.7 Å². The Morgan fingerprint density at radius 2 is 1.65 bits per heavy atom. The molecule has 20 heavy (non-hydrogen) atoms. The highest BCUT2D eigenvalue weighted by molar-refractivity contribution is 8.26. The molecule has 0 aromatic heterocycles. The van der Waals surface area contributed by atoms with Crippen molar-refractivity contribution in [3.05, 3.63) is 0 Å². The van der Waals surface area contributed by atoms with Gasteiger partial charge in [0.15, 0.2) is 0 Å². The van der Waals surface area contributed by atoms with Gasteiger partial charge in [0.2, 0.25) is 0 Å². The Labute approximate surface area is 128 Å². The van der Waals surface area contributed by atoms with Crippen LogP contribution < -0.4 is 0 Å². The molecule has 0 amide bonds. The first-order chi connectivity index (χ1) is 9.62. The molecule has 9 heteroatoms. The van der Waals surface area contributed by atoms with Gasteiger partial charge >= 0.3 is 16.7 Å². The standard InChI is InChI=1S/C11H27NO5SSi2/c1-13-19(14-2)11-7-9-12(19)8-6-10-18-20(15-3,16-4)17-5/h6-11H2,1-5H3. The lowest BCUT2D eigenvalue weighted by atomic mass is 10.4. The first-order valence-electron chi connectivity index (χ1n) is 6.76. The highest BCUT2D eigenvalue weighted by atomic mass is 32.4. The molecular weight excluding hydrogens is 314 g/mol. The van der Waals surface area contributed by atoms with E-state index in [1.54, 1.807) is 46.8 Å². The van der Waals surface area contributed by atoms with Crippen LogP contribution in [0.5, 0.6) is 0 Å². The molecule has 0 aromatic carbocycles. The predicted molar refractivity (Wildman–Crippen MR) is 84.6 cm³/mol. The molecular formula is C11H27NO5SSi2. The Balaban J connectivity index is 2.37. The number of hydrogen-bond acceptors (Lipinski definition) is 7. The molecule has 1 rings (SSSR count). The van der Waals surface area contributed by atoms with Crippen molar-refractivity contribution in [2.45, 2.75) is 18.9 Å². The van der Waals surface area contributed by atoms with Crippen molar-refractivity contribution in [1.29, 1.82) is 0 Å². The maximum atomic E-state index is 5.69. The second-order valence-corrected chi connectivity index (χ2v) is 13.2. The monoisotopic (exact) mass is 341 g/mol. The molecule has 0 N–H and O–H groups in total. The molecule has 0 unspecified atom stereocenters. The van der Waals surface area contributed by atoms with Crippen molar-refractivity contribution in [3.63, 3.8) is 0 Å². The van der Waals surface area contributed by atoms with Crippen LogP contribution in [0.15, 0.2) is 0 Å². The first-order valence-corrected chi connectivity index (χ1v) is 12.2. The van der Waals surface area contributed by atoms with E-state index in [-0.39, 0.29) is 0 Å². The topological polar surface area (TPSA) is 49.4 Å². The average Bonchev–Trinajstić information content (AvgIpc) is 2.91. The largest absolute Gasteiger partial charge is 0.572 e. The van der Waals surface area contributed by atoms with Gasteiger partial charge in [-0.05, 0) is 31.7 Å². The minimum atomic E-state index is -2.50. The van der Waals surface area contributed by atoms with Gasteiger partial charge in [0, 0.05) is 41.6 Å². The van der Waals surface area contributed by atoms with E-state index in [2.05, 4.69) is 4.57 Å². The highest BCUT2D eigenvalue weighted by Gasteiger charge is 2.47. The molecule has 1 aliphatic rings. The van der Waals surface area contributed by atoms with Crippen LogP contribution in [0.25, 0.3) is 0 Å². The Hall–Kier alpha value is 0.544. The van der Waals surface area contributed by atoms with Gasteiger partial charge in [-0.25, -0.2) is 0 Å². The summed E-state index contributed by atoms with van der Waals surface area (Å²) in [4.78, 5) is 0. The molecule has 0 atom stereocenters. The summed E-state index contributed by atoms with van der Waals surface area (Å²) in [7, 11) is 3.86. The van der Waals surface area contributed by atoms with Gasteiger partial charge in [0.1, 0.15) is 0 Å². The number of rotatable bonds is 10. The van der Waals surface area contributed by atoms with Crippen molar-refractivity contribution < 1.29 is 22.1 Å². The van der Waals surface area contributed by atoms with E-state index in [0.717, 1.165) is 37.7 Å². The molecule has 1 saturated heterocycles. The van der Waals surface area contributed by atoms with Crippen molar-refractivity contribution in [2.24, 2.45) is 0 Å². The summed E-state index contributed by atoms with van der Waals surface area (Å²) in [5.74, 6) is 0.941. The molecule has 1 fully saturated rings. The third-order valence-corrected chi connectivity index (χ3v) is 12.8. The lowest BCUT2D eigenvalue weighted by Crippen LogP contribution is -2.53. The zero-order valence-electron chi connectivity index (χ0n) is 13.1. The lowest BCUT2D eigenvalue weighted by molar-refractivity contribution is 0.152. The van der Waals surface area contributed by atoms with Gasteiger partial charge in [-0.2, -0.15) is 0 Å². The quantitative estimate of drug-likeness (QED) is 0.440. The van der Waals surface area contributed by atoms with Gasteiger partial charge in [-0.15, -0.1) is 0 Å². The summed E-state index contributed by atoms with van der Waals surface area (Å²) in [5, 5.41) is 0. The molecule has 6 nitrogen and oxygen atoms in total. The molecule has 120 valence electrons. The second kappa shape index (κ2) is 8.86. The summed E-state index contributed by atoms with van der Waals surface area (Å²) < 4.78 is 30.0. The highest BCUT2D eigenvalue weighted by Crippen LogP contribution is 2.28. The molecule has 0 aliphatic carbocycles. The summed E-state index contributed by atoms with van der Waals surface area (Å²) >= 11 is 1.65. The number of nitrogens with zero attached hydrogens (tertiary/aromatic N) is 1. The van der Waals surface area contributed by atoms with Crippen molar-refractivity contribution in [2.75, 3.05) is 54.4 Å². The average molecular weight is 342 g/mol. The zero-order valence-corrected chi connectivity index (χ0v) is 16.0. The fraction of sp³-hybridized carbons (Fsp3) is 1.00. The van der Waals surface area contributed by atoms with E-state index in [9.17, 15) is 0 Å². The molecule has 1 aliphatic heterocycles. The van der Waals surface area contributed by atoms with E-state index in [0.29, 0.717) is 0 Å². The normalized spacial score (nSPS) is 19.6. The first kappa shape index (κ1) is 18.6. The van der Waals surface area contributed by atoms with E-state index in [1.807, 2.05) is 0 Å². The van der Waals surface area contributed by atoms with Gasteiger partial charge < -0.3 is 22.1 Å². The second-order valence-electron chi connectivity index (χ2n) is 4.53. The van der Waals surface area contributed by atoms with E-state index in [4.69, 9.17) is 22.1 Å². The summed E-state index contributed by atoms with van der Waals surface area (Å²) in [6.45, 7) is 2.06. The van der Waals surface area contributed by atoms with Crippen LogP contribution in [0.3, 0.4) is 0 Å². The van der Waals surface area contributed by atoms with Crippen LogP contribution in [0.4, 0.5) is 0 Å². The summed E-state index contributed by atoms with van der Waals surface area (Å²) in [6.07, 6.45) is 2.20. The Kier molecular flexibility index (Phi) is 8.24. The Bertz CT molecular complexity index is 271. The predicted octanol–water partition coefficient (Wildman–Crippen LogP) is 1.42. The van der Waals surface area contributed by atoms with Crippen molar-refractivity contribution >= 4 is 27.9 Å². The van der Waals surface area contributed by atoms with Crippen molar-refractivity contribution in [3.8, 4) is 0 Å². The van der Waals surface area contributed by atoms with E-state index >= 15 is 0 Å². The van der Waals surface area contributed by atoms with Crippen LogP contribution >= 0.6 is 11.2 Å². The van der Waals surface area contributed by atoms with Crippen LogP contribution in [-0.4, -0.2) is 75.6 Å². The van der Waals surface area contributed by atoms with Gasteiger partial charge in [-0.1, -0.05) is 11.2 Å². The molecule has 0 spiro atoms. The fourth-order valence-electron chi connectivity index (χ4n) is 2.53. The SMILES string of the molecule is CO[Si](OC)(OC)SCCCN1CCC[Si]1(OC)OC. The maximum Gasteiger partial charge on any atom is 0.572 e. The van der Waals surface area contributed by atoms with E-state index in [1.165, 1.54) is 0 Å². The minimum Gasteiger partial charge on any atom is -0.386 e. The molecule has 1 heterocycles. The third kappa shape index (κ3) is 4.27. The third-order valence-electron chi connectivity index (χ3n) is 3.64. The fourth-order valence-corrected chi connectivity index (χ4v) is 9.16. The minimum absolute atomic E-state index is 0.941. The molecule has 0 saturated carbocycles. The van der Waals surface area contributed by atoms with Crippen molar-refractivity contribution in [1.82, 2.24) is 4.57 Å². The summed E-state index contributed by atoms with van der Waals surface area (Å²) in [6, 6.07) is 1.06. The maximum absolute atomic E-state index is 5.69. The Morgan fingerprint density at radius 1 is 1.05 bits per heavy atom. The summed E-state index contributed by atoms with van der Waals surface area (Å²) in [5.41, 5.74) is 0. The smallest absolute Gasteiger partial charge is 0.386 e. The molecule has 0 bridgehead atoms. The van der Waals surface area contributed by atoms with Crippen LogP contribution in [-0.2, 0) is 22.1 Å². The van der Waals surface area contributed by atoms with Gasteiger partial charge in [-0.3, -0.25) is 4.57 Å². The number of hydrogen-bond donors (Lipinski definition) is 0.